The van der Waals surface area contributed by atoms with E-state index in [0.29, 0.717) is 0 Å². The first-order valence-electron chi connectivity index (χ1n) is 2.78. The molecule has 3 nitrogen and oxygen atoms in total. The molecule has 2 N–H and O–H groups in total. The lowest BCUT2D eigenvalue weighted by molar-refractivity contribution is -0.139. The van der Waals surface area contributed by atoms with Gasteiger partial charge in [-0.25, -0.2) is 8.78 Å². The lowest BCUT2D eigenvalue weighted by atomic mass is 10.3. The van der Waals surface area contributed by atoms with Gasteiger partial charge in [-0.2, -0.15) is 0 Å². The van der Waals surface area contributed by atoms with Crippen molar-refractivity contribution in [2.24, 2.45) is 0 Å². The SMILES string of the molecule is CC(NCC(F)F)C(=O)O. The van der Waals surface area contributed by atoms with Crippen LogP contribution >= 0.6 is 0 Å². The number of rotatable bonds is 4. The molecule has 0 spiro atoms. The number of hydrogen-bond acceptors (Lipinski definition) is 2. The molecule has 60 valence electrons. The maximum Gasteiger partial charge on any atom is 0.320 e. The normalized spacial score (nSPS) is 13.6. The fraction of sp³-hybridized carbons (Fsp3) is 0.800. The molecule has 0 saturated carbocycles. The summed E-state index contributed by atoms with van der Waals surface area (Å²) in [4.78, 5) is 10.0. The van der Waals surface area contributed by atoms with E-state index >= 15 is 0 Å². The van der Waals surface area contributed by atoms with E-state index in [9.17, 15) is 13.6 Å². The Morgan fingerprint density at radius 3 is 2.50 bits per heavy atom. The van der Waals surface area contributed by atoms with Gasteiger partial charge in [-0.15, -0.1) is 0 Å². The van der Waals surface area contributed by atoms with Crippen LogP contribution in [0.1, 0.15) is 6.92 Å². The van der Waals surface area contributed by atoms with E-state index in [1.165, 1.54) is 6.92 Å². The summed E-state index contributed by atoms with van der Waals surface area (Å²) in [7, 11) is 0. The lowest BCUT2D eigenvalue weighted by Gasteiger charge is -2.06. The number of aliphatic carboxylic acids is 1. The first-order chi connectivity index (χ1) is 4.54. The Labute approximate surface area is 57.0 Å². The Morgan fingerprint density at radius 2 is 2.20 bits per heavy atom. The van der Waals surface area contributed by atoms with Gasteiger partial charge in [0.2, 0.25) is 0 Å². The van der Waals surface area contributed by atoms with Crippen LogP contribution in [0, 0.1) is 0 Å². The lowest BCUT2D eigenvalue weighted by Crippen LogP contribution is -2.36. The average Bonchev–Trinajstić information content (AvgIpc) is 1.82. The third kappa shape index (κ3) is 4.20. The number of nitrogens with one attached hydrogen (secondary N) is 1. The fourth-order valence-electron chi connectivity index (χ4n) is 0.353. The smallest absolute Gasteiger partial charge is 0.320 e. The van der Waals surface area contributed by atoms with E-state index in [4.69, 9.17) is 5.11 Å². The number of halogens is 2. The van der Waals surface area contributed by atoms with Crippen molar-refractivity contribution in [3.8, 4) is 0 Å². The summed E-state index contributed by atoms with van der Waals surface area (Å²) in [5.41, 5.74) is 0. The van der Waals surface area contributed by atoms with Gasteiger partial charge in [0.1, 0.15) is 6.04 Å². The standard InChI is InChI=1S/C5H9F2NO2/c1-3(5(9)10)8-2-4(6)7/h3-4,8H,2H2,1H3,(H,9,10). The maximum atomic E-state index is 11.4. The van der Waals surface area contributed by atoms with Crippen molar-refractivity contribution in [3.63, 3.8) is 0 Å². The molecule has 1 unspecified atom stereocenters. The average molecular weight is 153 g/mol. The highest BCUT2D eigenvalue weighted by Gasteiger charge is 2.11. The Hall–Kier alpha value is -0.710. The van der Waals surface area contributed by atoms with Crippen molar-refractivity contribution in [2.75, 3.05) is 6.54 Å². The third-order valence-electron chi connectivity index (χ3n) is 0.949. The van der Waals surface area contributed by atoms with Crippen LogP contribution in [0.5, 0.6) is 0 Å². The molecule has 0 aliphatic rings. The van der Waals surface area contributed by atoms with Gasteiger partial charge in [-0.3, -0.25) is 10.1 Å². The Morgan fingerprint density at radius 1 is 1.70 bits per heavy atom. The Bertz CT molecular complexity index is 118. The Balaban J connectivity index is 3.40. The summed E-state index contributed by atoms with van der Waals surface area (Å²) in [6.45, 7) is 0.734. The Kier molecular flexibility index (Phi) is 3.87. The molecule has 0 rings (SSSR count). The quantitative estimate of drug-likeness (QED) is 0.611. The van der Waals surface area contributed by atoms with Gasteiger partial charge in [-0.1, -0.05) is 0 Å². The number of carboxylic acids is 1. The third-order valence-corrected chi connectivity index (χ3v) is 0.949. The first-order valence-corrected chi connectivity index (χ1v) is 2.78. The molecule has 0 bridgehead atoms. The topological polar surface area (TPSA) is 49.3 Å². The second-order valence-electron chi connectivity index (χ2n) is 1.86. The van der Waals surface area contributed by atoms with E-state index in [1.807, 2.05) is 0 Å². The van der Waals surface area contributed by atoms with Crippen molar-refractivity contribution >= 4 is 5.97 Å². The summed E-state index contributed by atoms with van der Waals surface area (Å²) >= 11 is 0. The van der Waals surface area contributed by atoms with E-state index in [-0.39, 0.29) is 0 Å². The summed E-state index contributed by atoms with van der Waals surface area (Å²) in [5.74, 6) is -1.12. The highest BCUT2D eigenvalue weighted by molar-refractivity contribution is 5.72. The minimum atomic E-state index is -2.50. The van der Waals surface area contributed by atoms with Gasteiger partial charge in [-0.05, 0) is 6.92 Å². The molecular weight excluding hydrogens is 144 g/mol. The monoisotopic (exact) mass is 153 g/mol. The van der Waals surface area contributed by atoms with Crippen LogP contribution in [-0.2, 0) is 4.79 Å². The van der Waals surface area contributed by atoms with Crippen LogP contribution in [0.4, 0.5) is 8.78 Å². The molecule has 0 amide bonds. The van der Waals surface area contributed by atoms with E-state index < -0.39 is 25.0 Å². The van der Waals surface area contributed by atoms with Crippen molar-refractivity contribution in [1.29, 1.82) is 0 Å². The first kappa shape index (κ1) is 9.29. The molecule has 0 aliphatic heterocycles. The maximum absolute atomic E-state index is 11.4. The molecule has 0 aromatic heterocycles. The largest absolute Gasteiger partial charge is 0.480 e. The predicted octanol–water partition coefficient (Wildman–Crippen LogP) is 0.314. The number of carboxylic acid groups (broad SMARTS) is 1. The van der Waals surface area contributed by atoms with Crippen molar-refractivity contribution in [3.05, 3.63) is 0 Å². The second kappa shape index (κ2) is 4.16. The van der Waals surface area contributed by atoms with Crippen molar-refractivity contribution < 1.29 is 18.7 Å². The predicted molar refractivity (Wildman–Crippen MR) is 31.1 cm³/mol. The summed E-state index contributed by atoms with van der Waals surface area (Å²) < 4.78 is 22.8. The van der Waals surface area contributed by atoms with Crippen LogP contribution in [0.3, 0.4) is 0 Å². The molecule has 1 atom stereocenters. The molecular formula is C5H9F2NO2. The molecule has 0 aliphatic carbocycles. The summed E-state index contributed by atoms with van der Waals surface area (Å²) in [6, 6.07) is -0.908. The number of alkyl halides is 2. The molecule has 0 radical (unpaired) electrons. The zero-order valence-corrected chi connectivity index (χ0v) is 5.47. The van der Waals surface area contributed by atoms with Crippen molar-refractivity contribution in [2.45, 2.75) is 19.4 Å². The zero-order chi connectivity index (χ0) is 8.15. The van der Waals surface area contributed by atoms with Gasteiger partial charge in [0.25, 0.3) is 6.43 Å². The fourth-order valence-corrected chi connectivity index (χ4v) is 0.353. The highest BCUT2D eigenvalue weighted by atomic mass is 19.3. The van der Waals surface area contributed by atoms with E-state index in [1.54, 1.807) is 0 Å². The van der Waals surface area contributed by atoms with E-state index in [2.05, 4.69) is 5.32 Å². The number of hydrogen-bond donors (Lipinski definition) is 2. The zero-order valence-electron chi connectivity index (χ0n) is 5.47. The summed E-state index contributed by atoms with van der Waals surface area (Å²) in [5, 5.41) is 10.3. The summed E-state index contributed by atoms with van der Waals surface area (Å²) in [6.07, 6.45) is -2.50. The molecule has 5 heteroatoms. The van der Waals surface area contributed by atoms with Gasteiger partial charge in [0.15, 0.2) is 0 Å². The second-order valence-corrected chi connectivity index (χ2v) is 1.86. The van der Waals surface area contributed by atoms with Gasteiger partial charge < -0.3 is 5.11 Å². The van der Waals surface area contributed by atoms with Gasteiger partial charge in [0.05, 0.1) is 6.54 Å². The minimum Gasteiger partial charge on any atom is -0.480 e. The minimum absolute atomic E-state index is 0.576. The van der Waals surface area contributed by atoms with Crippen LogP contribution in [0.25, 0.3) is 0 Å². The van der Waals surface area contributed by atoms with Crippen LogP contribution in [-0.4, -0.2) is 30.1 Å². The van der Waals surface area contributed by atoms with Crippen molar-refractivity contribution in [1.82, 2.24) is 5.32 Å². The van der Waals surface area contributed by atoms with Gasteiger partial charge in [0, 0.05) is 0 Å². The molecule has 0 fully saturated rings. The molecule has 0 saturated heterocycles. The molecule has 0 aromatic rings. The van der Waals surface area contributed by atoms with Crippen LogP contribution in [0.2, 0.25) is 0 Å². The van der Waals surface area contributed by atoms with Crippen LogP contribution < -0.4 is 5.32 Å². The van der Waals surface area contributed by atoms with E-state index in [0.717, 1.165) is 0 Å². The molecule has 10 heavy (non-hydrogen) atoms. The molecule has 0 aromatic carbocycles. The molecule has 0 heterocycles. The van der Waals surface area contributed by atoms with Gasteiger partial charge >= 0.3 is 5.97 Å². The van der Waals surface area contributed by atoms with Crippen LogP contribution in [0.15, 0.2) is 0 Å². The highest BCUT2D eigenvalue weighted by Crippen LogP contribution is 1.89. The number of carbonyl (C=O) groups is 1.